The van der Waals surface area contributed by atoms with E-state index in [1.54, 1.807) is 31.2 Å². The smallest absolute Gasteiger partial charge is 0.396 e. The van der Waals surface area contributed by atoms with E-state index in [1.165, 1.54) is 12.1 Å². The van der Waals surface area contributed by atoms with Gasteiger partial charge in [0.15, 0.2) is 5.58 Å². The molecule has 0 N–H and O–H groups in total. The van der Waals surface area contributed by atoms with Crippen LogP contribution in [0.5, 0.6) is 5.75 Å². The SMILES string of the molecule is Cc1c(OS(=O)(=O)c2ccccc2)cc(C(C)C)c2sc(=O)oc12. The molecule has 0 saturated carbocycles. The van der Waals surface area contributed by atoms with Crippen molar-refractivity contribution in [2.75, 3.05) is 0 Å². The zero-order chi connectivity index (χ0) is 17.5. The third-order valence-corrected chi connectivity index (χ3v) is 5.81. The molecule has 3 rings (SSSR count). The highest BCUT2D eigenvalue weighted by atomic mass is 32.2. The zero-order valence-electron chi connectivity index (χ0n) is 13.4. The van der Waals surface area contributed by atoms with Crippen LogP contribution in [0.2, 0.25) is 0 Å². The van der Waals surface area contributed by atoms with Gasteiger partial charge in [-0.25, -0.2) is 4.79 Å². The first-order valence-electron chi connectivity index (χ1n) is 7.36. The first-order chi connectivity index (χ1) is 11.3. The molecule has 0 atom stereocenters. The molecule has 0 unspecified atom stereocenters. The molecule has 0 fully saturated rings. The third kappa shape index (κ3) is 2.97. The summed E-state index contributed by atoms with van der Waals surface area (Å²) in [5, 5.41) is 0. The van der Waals surface area contributed by atoms with Crippen molar-refractivity contribution in [2.45, 2.75) is 31.6 Å². The molecule has 0 saturated heterocycles. The standard InChI is InChI=1S/C17H16O5S2/c1-10(2)13-9-14(11(3)15-16(13)23-17(18)21-15)22-24(19,20)12-7-5-4-6-8-12/h4-10H,1-3H3. The molecule has 7 heteroatoms. The van der Waals surface area contributed by atoms with Gasteiger partial charge in [-0.3, -0.25) is 0 Å². The fraction of sp³-hybridized carbons (Fsp3) is 0.235. The van der Waals surface area contributed by atoms with Crippen LogP contribution in [-0.2, 0) is 10.1 Å². The van der Waals surface area contributed by atoms with Crippen LogP contribution in [0.1, 0.15) is 30.9 Å². The number of rotatable bonds is 4. The molecule has 5 nitrogen and oxygen atoms in total. The first kappa shape index (κ1) is 16.7. The van der Waals surface area contributed by atoms with Gasteiger partial charge in [-0.15, -0.1) is 0 Å². The molecular weight excluding hydrogens is 348 g/mol. The van der Waals surface area contributed by atoms with Crippen molar-refractivity contribution in [2.24, 2.45) is 0 Å². The summed E-state index contributed by atoms with van der Waals surface area (Å²) in [5.41, 5.74) is 1.70. The van der Waals surface area contributed by atoms with E-state index in [-0.39, 0.29) is 16.6 Å². The molecule has 126 valence electrons. The van der Waals surface area contributed by atoms with Crippen LogP contribution in [0.4, 0.5) is 0 Å². The molecule has 24 heavy (non-hydrogen) atoms. The summed E-state index contributed by atoms with van der Waals surface area (Å²) >= 11 is 1.02. The second-order valence-corrected chi connectivity index (χ2v) is 8.20. The molecule has 3 aromatic rings. The molecule has 0 aliphatic heterocycles. The Morgan fingerprint density at radius 1 is 1.17 bits per heavy atom. The van der Waals surface area contributed by atoms with Gasteiger partial charge in [0.1, 0.15) is 10.6 Å². The monoisotopic (exact) mass is 364 g/mol. The molecule has 0 aliphatic rings. The van der Waals surface area contributed by atoms with Gasteiger partial charge < -0.3 is 8.60 Å². The topological polar surface area (TPSA) is 73.6 Å². The van der Waals surface area contributed by atoms with E-state index in [9.17, 15) is 13.2 Å². The van der Waals surface area contributed by atoms with E-state index in [4.69, 9.17) is 8.60 Å². The lowest BCUT2D eigenvalue weighted by atomic mass is 10.0. The number of hydrogen-bond donors (Lipinski definition) is 0. The average Bonchev–Trinajstić information content (AvgIpc) is 2.92. The molecule has 0 amide bonds. The maximum Gasteiger partial charge on any atom is 0.396 e. The average molecular weight is 364 g/mol. The fourth-order valence-electron chi connectivity index (χ4n) is 2.41. The van der Waals surface area contributed by atoms with Crippen molar-refractivity contribution in [3.05, 3.63) is 57.3 Å². The highest BCUT2D eigenvalue weighted by Gasteiger charge is 2.22. The fourth-order valence-corrected chi connectivity index (χ4v) is 4.40. The Kier molecular flexibility index (Phi) is 4.23. The minimum atomic E-state index is -3.96. The second kappa shape index (κ2) is 6.07. The predicted octanol–water partition coefficient (Wildman–Crippen LogP) is 4.05. The number of aryl methyl sites for hydroxylation is 1. The number of hydrogen-bond acceptors (Lipinski definition) is 6. The Labute approximate surface area is 143 Å². The van der Waals surface area contributed by atoms with Gasteiger partial charge in [0.25, 0.3) is 0 Å². The van der Waals surface area contributed by atoms with Crippen molar-refractivity contribution < 1.29 is 17.0 Å². The number of fused-ring (bicyclic) bond motifs is 1. The van der Waals surface area contributed by atoms with Crippen molar-refractivity contribution in [1.29, 1.82) is 0 Å². The van der Waals surface area contributed by atoms with E-state index in [0.29, 0.717) is 11.1 Å². The third-order valence-electron chi connectivity index (χ3n) is 3.69. The van der Waals surface area contributed by atoms with Crippen LogP contribution in [0.3, 0.4) is 0 Å². The zero-order valence-corrected chi connectivity index (χ0v) is 15.0. The van der Waals surface area contributed by atoms with E-state index >= 15 is 0 Å². The first-order valence-corrected chi connectivity index (χ1v) is 9.59. The highest BCUT2D eigenvalue weighted by Crippen LogP contribution is 2.37. The van der Waals surface area contributed by atoms with Gasteiger partial charge in [0.2, 0.25) is 0 Å². The van der Waals surface area contributed by atoms with Gasteiger partial charge in [-0.05, 0) is 36.6 Å². The Bertz CT molecular complexity index is 1040. The summed E-state index contributed by atoms with van der Waals surface area (Å²) in [5.74, 6) is 0.264. The quantitative estimate of drug-likeness (QED) is 0.653. The van der Waals surface area contributed by atoms with Crippen LogP contribution in [0.25, 0.3) is 10.3 Å². The van der Waals surface area contributed by atoms with Gasteiger partial charge in [-0.2, -0.15) is 8.42 Å². The van der Waals surface area contributed by atoms with Crippen LogP contribution in [0, 0.1) is 6.92 Å². The Balaban J connectivity index is 2.17. The summed E-state index contributed by atoms with van der Waals surface area (Å²) in [7, 11) is -3.96. The lowest BCUT2D eigenvalue weighted by Crippen LogP contribution is -2.10. The normalized spacial score (nSPS) is 12.0. The maximum atomic E-state index is 12.5. The lowest BCUT2D eigenvalue weighted by Gasteiger charge is -2.13. The summed E-state index contributed by atoms with van der Waals surface area (Å²) in [6, 6.07) is 9.60. The highest BCUT2D eigenvalue weighted by molar-refractivity contribution is 7.87. The summed E-state index contributed by atoms with van der Waals surface area (Å²) in [6.07, 6.45) is 0. The van der Waals surface area contributed by atoms with Crippen molar-refractivity contribution >= 4 is 31.7 Å². The van der Waals surface area contributed by atoms with Gasteiger partial charge >= 0.3 is 15.1 Å². The Hall–Kier alpha value is -2.12. The van der Waals surface area contributed by atoms with Crippen LogP contribution < -0.4 is 9.12 Å². The summed E-state index contributed by atoms with van der Waals surface area (Å²) in [4.78, 5) is 11.3. The van der Waals surface area contributed by atoms with E-state index in [1.807, 2.05) is 13.8 Å². The largest absolute Gasteiger partial charge is 0.414 e. The van der Waals surface area contributed by atoms with Crippen molar-refractivity contribution in [3.63, 3.8) is 0 Å². The van der Waals surface area contributed by atoms with Crippen LogP contribution in [0.15, 0.2) is 50.5 Å². The van der Waals surface area contributed by atoms with Crippen molar-refractivity contribution in [3.8, 4) is 5.75 Å². The van der Waals surface area contributed by atoms with Crippen LogP contribution in [-0.4, -0.2) is 8.42 Å². The molecule has 0 bridgehead atoms. The molecule has 0 radical (unpaired) electrons. The van der Waals surface area contributed by atoms with E-state index in [0.717, 1.165) is 21.6 Å². The van der Waals surface area contributed by atoms with Gasteiger partial charge in [0.05, 0.1) is 4.70 Å². The van der Waals surface area contributed by atoms with E-state index in [2.05, 4.69) is 0 Å². The Morgan fingerprint density at radius 2 is 1.83 bits per heavy atom. The van der Waals surface area contributed by atoms with Gasteiger partial charge in [0, 0.05) is 5.56 Å². The minimum Gasteiger partial charge on any atom is -0.414 e. The molecule has 1 aromatic heterocycles. The van der Waals surface area contributed by atoms with E-state index < -0.39 is 15.1 Å². The van der Waals surface area contributed by atoms with Crippen molar-refractivity contribution in [1.82, 2.24) is 0 Å². The lowest BCUT2D eigenvalue weighted by molar-refractivity contribution is 0.482. The Morgan fingerprint density at radius 3 is 2.46 bits per heavy atom. The predicted molar refractivity (Wildman–Crippen MR) is 93.4 cm³/mol. The molecule has 0 spiro atoms. The molecule has 1 heterocycles. The summed E-state index contributed by atoms with van der Waals surface area (Å²) in [6.45, 7) is 5.60. The van der Waals surface area contributed by atoms with Gasteiger partial charge in [-0.1, -0.05) is 43.4 Å². The molecule has 2 aromatic carbocycles. The molecular formula is C17H16O5S2. The summed E-state index contributed by atoms with van der Waals surface area (Å²) < 4.78 is 36.2. The number of benzene rings is 2. The maximum absolute atomic E-state index is 12.5. The minimum absolute atomic E-state index is 0.0716. The molecule has 0 aliphatic carbocycles. The second-order valence-electron chi connectivity index (χ2n) is 5.71. The van der Waals surface area contributed by atoms with Crippen LogP contribution >= 0.6 is 11.3 Å².